The maximum Gasteiger partial charge on any atom is 0.324 e. The minimum Gasteiger partial charge on any atom is -0.467 e. The molecule has 0 bridgehead atoms. The highest BCUT2D eigenvalue weighted by molar-refractivity contribution is 5.72. The third-order valence-corrected chi connectivity index (χ3v) is 4.15. The summed E-state index contributed by atoms with van der Waals surface area (Å²) >= 11 is 0. The molecule has 9 nitrogen and oxygen atoms in total. The van der Waals surface area contributed by atoms with Crippen LogP contribution in [-0.4, -0.2) is 46.6 Å². The van der Waals surface area contributed by atoms with Gasteiger partial charge in [-0.25, -0.2) is 0 Å². The van der Waals surface area contributed by atoms with Crippen molar-refractivity contribution in [3.8, 4) is 12.0 Å². The van der Waals surface area contributed by atoms with Gasteiger partial charge in [-0.15, -0.1) is 4.98 Å². The first-order chi connectivity index (χ1) is 12.6. The molecule has 2 aromatic rings. The van der Waals surface area contributed by atoms with E-state index in [-0.39, 0.29) is 24.0 Å². The smallest absolute Gasteiger partial charge is 0.324 e. The van der Waals surface area contributed by atoms with Crippen molar-refractivity contribution < 1.29 is 14.3 Å². The number of anilines is 1. The van der Waals surface area contributed by atoms with Crippen LogP contribution in [0.2, 0.25) is 0 Å². The van der Waals surface area contributed by atoms with Crippen molar-refractivity contribution in [2.45, 2.75) is 32.4 Å². The first kappa shape index (κ1) is 17.8. The zero-order valence-corrected chi connectivity index (χ0v) is 15.1. The van der Waals surface area contributed by atoms with Crippen molar-refractivity contribution in [2.75, 3.05) is 25.7 Å². The fraction of sp³-hybridized carbons (Fsp3) is 0.471. The Kier molecular flexibility index (Phi) is 5.45. The summed E-state index contributed by atoms with van der Waals surface area (Å²) in [5.74, 6) is 0.425. The van der Waals surface area contributed by atoms with Gasteiger partial charge in [0.15, 0.2) is 0 Å². The van der Waals surface area contributed by atoms with Gasteiger partial charge in [0.2, 0.25) is 11.9 Å². The highest BCUT2D eigenvalue weighted by atomic mass is 16.5. The van der Waals surface area contributed by atoms with E-state index in [1.165, 1.54) is 21.1 Å². The monoisotopic (exact) mass is 358 g/mol. The molecule has 1 aliphatic heterocycles. The first-order valence-electron chi connectivity index (χ1n) is 8.41. The predicted molar refractivity (Wildman–Crippen MR) is 94.0 cm³/mol. The van der Waals surface area contributed by atoms with Gasteiger partial charge in [-0.2, -0.15) is 9.97 Å². The molecule has 0 radical (unpaired) electrons. The molecule has 3 heterocycles. The summed E-state index contributed by atoms with van der Waals surface area (Å²) in [7, 11) is 3.01. The van der Waals surface area contributed by atoms with Crippen molar-refractivity contribution >= 4 is 11.9 Å². The largest absolute Gasteiger partial charge is 0.467 e. The zero-order valence-electron chi connectivity index (χ0n) is 15.1. The van der Waals surface area contributed by atoms with E-state index in [4.69, 9.17) is 14.5 Å². The van der Waals surface area contributed by atoms with Crippen LogP contribution in [0.4, 0.5) is 5.95 Å². The number of carbonyl (C=O) groups is 1. The van der Waals surface area contributed by atoms with E-state index in [2.05, 4.69) is 25.2 Å². The van der Waals surface area contributed by atoms with Crippen LogP contribution >= 0.6 is 0 Å². The first-order valence-corrected chi connectivity index (χ1v) is 8.41. The van der Waals surface area contributed by atoms with Crippen molar-refractivity contribution in [3.63, 3.8) is 0 Å². The number of carbonyl (C=O) groups excluding carboxylic acids is 1. The summed E-state index contributed by atoms with van der Waals surface area (Å²) in [6.45, 7) is 2.70. The van der Waals surface area contributed by atoms with Crippen molar-refractivity contribution in [1.82, 2.24) is 25.3 Å². The summed E-state index contributed by atoms with van der Waals surface area (Å²) in [5.41, 5.74) is 1.74. The van der Waals surface area contributed by atoms with E-state index in [9.17, 15) is 4.79 Å². The molecule has 1 amide bonds. The van der Waals surface area contributed by atoms with Gasteiger partial charge in [-0.3, -0.25) is 9.78 Å². The highest BCUT2D eigenvalue weighted by Crippen LogP contribution is 2.34. The Morgan fingerprint density at radius 1 is 1.19 bits per heavy atom. The highest BCUT2D eigenvalue weighted by Gasteiger charge is 2.30. The molecule has 0 aromatic carbocycles. The molecule has 1 unspecified atom stereocenters. The number of nitrogens with zero attached hydrogens (tertiary/aromatic N) is 5. The van der Waals surface area contributed by atoms with Gasteiger partial charge in [0.1, 0.15) is 0 Å². The molecule has 0 aliphatic carbocycles. The molecule has 0 spiro atoms. The van der Waals surface area contributed by atoms with Crippen molar-refractivity contribution in [1.29, 1.82) is 0 Å². The lowest BCUT2D eigenvalue weighted by Crippen LogP contribution is -2.26. The molecule has 1 saturated heterocycles. The van der Waals surface area contributed by atoms with Crippen LogP contribution in [0.1, 0.15) is 37.2 Å². The van der Waals surface area contributed by atoms with Gasteiger partial charge in [-0.1, -0.05) is 6.07 Å². The molecule has 1 atom stereocenters. The fourth-order valence-corrected chi connectivity index (χ4v) is 2.95. The van der Waals surface area contributed by atoms with Gasteiger partial charge in [0, 0.05) is 13.5 Å². The maximum absolute atomic E-state index is 11.1. The molecule has 1 N–H and O–H groups in total. The van der Waals surface area contributed by atoms with Gasteiger partial charge >= 0.3 is 12.0 Å². The van der Waals surface area contributed by atoms with E-state index in [0.29, 0.717) is 12.5 Å². The third-order valence-electron chi connectivity index (χ3n) is 4.15. The number of hydrogen-bond donors (Lipinski definition) is 1. The van der Waals surface area contributed by atoms with Crippen LogP contribution in [0, 0.1) is 0 Å². The van der Waals surface area contributed by atoms with Crippen LogP contribution in [0.3, 0.4) is 0 Å². The van der Waals surface area contributed by atoms with Crippen molar-refractivity contribution in [3.05, 3.63) is 29.6 Å². The SMILES string of the molecule is COc1nc(OC)nc(N2CCCC2c2cccc(CNC(C)=O)n2)n1. The number of methoxy groups -OCH3 is 2. The minimum atomic E-state index is -0.0796. The molecule has 1 fully saturated rings. The molecule has 0 saturated carbocycles. The van der Waals surface area contributed by atoms with E-state index in [1.54, 1.807) is 0 Å². The molecule has 9 heteroatoms. The molecule has 1 aliphatic rings. The van der Waals surface area contributed by atoms with E-state index < -0.39 is 0 Å². The Hall–Kier alpha value is -2.97. The third kappa shape index (κ3) is 3.98. The van der Waals surface area contributed by atoms with Gasteiger partial charge in [0.05, 0.1) is 38.2 Å². The summed E-state index contributed by atoms with van der Waals surface area (Å²) < 4.78 is 10.3. The second-order valence-corrected chi connectivity index (χ2v) is 5.92. The van der Waals surface area contributed by atoms with E-state index >= 15 is 0 Å². The number of nitrogens with one attached hydrogen (secondary N) is 1. The van der Waals surface area contributed by atoms with Gasteiger partial charge in [0.25, 0.3) is 0 Å². The quantitative estimate of drug-likeness (QED) is 0.823. The predicted octanol–water partition coefficient (Wildman–Crippen LogP) is 1.26. The number of rotatable bonds is 6. The standard InChI is InChI=1S/C17H22N6O3/c1-11(24)18-10-12-6-4-7-13(19-12)14-8-5-9-23(14)15-20-16(25-2)22-17(21-15)26-3/h4,6-7,14H,5,8-10H2,1-3H3,(H,18,24). The fourth-order valence-electron chi connectivity index (χ4n) is 2.95. The van der Waals surface area contributed by atoms with E-state index in [0.717, 1.165) is 30.8 Å². The van der Waals surface area contributed by atoms with E-state index in [1.807, 2.05) is 18.2 Å². The number of aromatic nitrogens is 4. The average Bonchev–Trinajstić information content (AvgIpc) is 3.16. The lowest BCUT2D eigenvalue weighted by molar-refractivity contribution is -0.119. The summed E-state index contributed by atoms with van der Waals surface area (Å²) in [4.78, 5) is 30.7. The van der Waals surface area contributed by atoms with Crippen LogP contribution in [0.15, 0.2) is 18.2 Å². The topological polar surface area (TPSA) is 102 Å². The van der Waals surface area contributed by atoms with Crippen LogP contribution < -0.4 is 19.7 Å². The Morgan fingerprint density at radius 2 is 1.92 bits per heavy atom. The number of amides is 1. The van der Waals surface area contributed by atoms with Gasteiger partial charge < -0.3 is 19.7 Å². The Morgan fingerprint density at radius 3 is 2.58 bits per heavy atom. The maximum atomic E-state index is 11.1. The second-order valence-electron chi connectivity index (χ2n) is 5.92. The Balaban J connectivity index is 1.87. The minimum absolute atomic E-state index is 0.0455. The van der Waals surface area contributed by atoms with Crippen LogP contribution in [-0.2, 0) is 11.3 Å². The average molecular weight is 358 g/mol. The lowest BCUT2D eigenvalue weighted by atomic mass is 10.1. The second kappa shape index (κ2) is 7.94. The van der Waals surface area contributed by atoms with Crippen molar-refractivity contribution in [2.24, 2.45) is 0 Å². The molecule has 2 aromatic heterocycles. The number of ether oxygens (including phenoxy) is 2. The normalized spacial score (nSPS) is 16.4. The molecule has 138 valence electrons. The molecule has 3 rings (SSSR count). The summed E-state index contributed by atoms with van der Waals surface area (Å²) in [6, 6.07) is 6.30. The van der Waals surface area contributed by atoms with Crippen LogP contribution in [0.5, 0.6) is 12.0 Å². The number of hydrogen-bond acceptors (Lipinski definition) is 8. The summed E-state index contributed by atoms with van der Waals surface area (Å²) in [5, 5.41) is 2.77. The Bertz CT molecular complexity index is 763. The lowest BCUT2D eigenvalue weighted by Gasteiger charge is -2.24. The molecular formula is C17H22N6O3. The zero-order chi connectivity index (χ0) is 18.5. The van der Waals surface area contributed by atoms with Crippen LogP contribution in [0.25, 0.3) is 0 Å². The Labute approximate surface area is 151 Å². The molecule has 26 heavy (non-hydrogen) atoms. The summed E-state index contributed by atoms with van der Waals surface area (Å²) in [6.07, 6.45) is 1.94. The molecular weight excluding hydrogens is 336 g/mol. The number of pyridine rings is 1. The van der Waals surface area contributed by atoms with Gasteiger partial charge in [-0.05, 0) is 25.0 Å².